The number of benzene rings is 1. The van der Waals surface area contributed by atoms with Crippen LogP contribution in [0.4, 0.5) is 10.1 Å². The lowest BCUT2D eigenvalue weighted by molar-refractivity contribution is -0.113. The molecule has 1 heterocycles. The van der Waals surface area contributed by atoms with Crippen LogP contribution in [0.5, 0.6) is 0 Å². The number of rotatable bonds is 0. The van der Waals surface area contributed by atoms with E-state index in [2.05, 4.69) is 21.2 Å². The van der Waals surface area contributed by atoms with Gasteiger partial charge in [0.1, 0.15) is 5.82 Å². The van der Waals surface area contributed by atoms with Crippen LogP contribution in [0.2, 0.25) is 0 Å². The first-order chi connectivity index (χ1) is 6.16. The minimum atomic E-state index is -0.297. The summed E-state index contributed by atoms with van der Waals surface area (Å²) in [4.78, 5) is 11.5. The number of carbonyl (C=O) groups excluding carboxylic acids is 1. The number of hydrogen-bond acceptors (Lipinski definition) is 2. The molecule has 0 fully saturated rings. The number of fused-ring (bicyclic) bond motifs is 1. The van der Waals surface area contributed by atoms with Crippen LogP contribution in [0.3, 0.4) is 0 Å². The number of hydrogen-bond donors (Lipinski definition) is 1. The Hall–Kier alpha value is -0.550. The fourth-order valence-electron chi connectivity index (χ4n) is 1.12. The van der Waals surface area contributed by atoms with Crippen molar-refractivity contribution in [3.8, 4) is 0 Å². The van der Waals surface area contributed by atoms with Crippen molar-refractivity contribution in [1.29, 1.82) is 0 Å². The minimum Gasteiger partial charge on any atom is -0.324 e. The Kier molecular flexibility index (Phi) is 2.29. The molecule has 1 aromatic rings. The third-order valence-electron chi connectivity index (χ3n) is 1.63. The smallest absolute Gasteiger partial charge is 0.234 e. The molecule has 1 aliphatic heterocycles. The first kappa shape index (κ1) is 9.02. The van der Waals surface area contributed by atoms with Gasteiger partial charge in [-0.15, -0.1) is 11.8 Å². The molecule has 0 aromatic heterocycles. The zero-order chi connectivity index (χ0) is 9.42. The molecule has 0 saturated heterocycles. The highest BCUT2D eigenvalue weighted by atomic mass is 79.9. The van der Waals surface area contributed by atoms with Crippen molar-refractivity contribution in [3.63, 3.8) is 0 Å². The van der Waals surface area contributed by atoms with Gasteiger partial charge in [-0.25, -0.2) is 4.39 Å². The average Bonchev–Trinajstić information content (AvgIpc) is 2.02. The second-order valence-electron chi connectivity index (χ2n) is 2.60. The van der Waals surface area contributed by atoms with Gasteiger partial charge in [0.05, 0.1) is 16.3 Å². The molecule has 13 heavy (non-hydrogen) atoms. The molecular weight excluding hydrogens is 257 g/mol. The molecule has 0 atom stereocenters. The van der Waals surface area contributed by atoms with Crippen molar-refractivity contribution in [2.24, 2.45) is 0 Å². The van der Waals surface area contributed by atoms with E-state index in [1.54, 1.807) is 6.07 Å². The Labute approximate surface area is 87.0 Å². The molecule has 5 heteroatoms. The summed E-state index contributed by atoms with van der Waals surface area (Å²) < 4.78 is 13.9. The fourth-order valence-corrected chi connectivity index (χ4v) is 2.36. The SMILES string of the molecule is O=C1CSc2c(F)cc(Br)cc2N1. The van der Waals surface area contributed by atoms with Gasteiger partial charge in [-0.05, 0) is 12.1 Å². The molecule has 0 saturated carbocycles. The van der Waals surface area contributed by atoms with Crippen molar-refractivity contribution in [3.05, 3.63) is 22.4 Å². The molecular formula is C8H5BrFNOS. The van der Waals surface area contributed by atoms with E-state index in [0.29, 0.717) is 15.1 Å². The quantitative estimate of drug-likeness (QED) is 0.778. The molecule has 0 unspecified atom stereocenters. The molecule has 2 nitrogen and oxygen atoms in total. The van der Waals surface area contributed by atoms with Gasteiger partial charge < -0.3 is 5.32 Å². The Bertz CT molecular complexity index is 383. The lowest BCUT2D eigenvalue weighted by Gasteiger charge is -2.16. The second kappa shape index (κ2) is 3.31. The summed E-state index contributed by atoms with van der Waals surface area (Å²) >= 11 is 4.38. The lowest BCUT2D eigenvalue weighted by atomic mass is 10.3. The maximum absolute atomic E-state index is 13.3. The van der Waals surface area contributed by atoms with Crippen molar-refractivity contribution in [1.82, 2.24) is 0 Å². The van der Waals surface area contributed by atoms with Gasteiger partial charge in [0.2, 0.25) is 5.91 Å². The molecule has 0 bridgehead atoms. The average molecular weight is 262 g/mol. The fraction of sp³-hybridized carbons (Fsp3) is 0.125. The standard InChI is InChI=1S/C8H5BrFNOS/c9-4-1-5(10)8-6(2-4)11-7(12)3-13-8/h1-2H,3H2,(H,11,12). The van der Waals surface area contributed by atoms with Crippen LogP contribution in [0, 0.1) is 5.82 Å². The molecule has 0 spiro atoms. The minimum absolute atomic E-state index is 0.0880. The third kappa shape index (κ3) is 1.71. The summed E-state index contributed by atoms with van der Waals surface area (Å²) in [5, 5.41) is 2.61. The number of anilines is 1. The summed E-state index contributed by atoms with van der Waals surface area (Å²) in [6, 6.07) is 3.09. The van der Waals surface area contributed by atoms with Gasteiger partial charge in [0.15, 0.2) is 0 Å². The zero-order valence-electron chi connectivity index (χ0n) is 6.43. The largest absolute Gasteiger partial charge is 0.324 e. The Morgan fingerprint density at radius 3 is 3.08 bits per heavy atom. The van der Waals surface area contributed by atoms with Gasteiger partial charge in [-0.2, -0.15) is 0 Å². The summed E-state index contributed by atoms with van der Waals surface area (Å²) in [5.74, 6) is -0.102. The summed E-state index contributed by atoms with van der Waals surface area (Å²) in [6.45, 7) is 0. The highest BCUT2D eigenvalue weighted by molar-refractivity contribution is 9.10. The molecule has 2 rings (SSSR count). The number of carbonyl (C=O) groups is 1. The van der Waals surface area contributed by atoms with Crippen LogP contribution in [-0.4, -0.2) is 11.7 Å². The highest BCUT2D eigenvalue weighted by Crippen LogP contribution is 2.35. The number of nitrogens with one attached hydrogen (secondary N) is 1. The zero-order valence-corrected chi connectivity index (χ0v) is 8.84. The van der Waals surface area contributed by atoms with Crippen LogP contribution in [0.15, 0.2) is 21.5 Å². The first-order valence-corrected chi connectivity index (χ1v) is 5.36. The second-order valence-corrected chi connectivity index (χ2v) is 4.50. The number of halogens is 2. The Balaban J connectivity index is 2.53. The van der Waals surface area contributed by atoms with Crippen LogP contribution >= 0.6 is 27.7 Å². The summed E-state index contributed by atoms with van der Waals surface area (Å²) in [5.41, 5.74) is 0.549. The van der Waals surface area contributed by atoms with Crippen LogP contribution in [0.1, 0.15) is 0 Å². The van der Waals surface area contributed by atoms with E-state index in [9.17, 15) is 9.18 Å². The van der Waals surface area contributed by atoms with Crippen LogP contribution < -0.4 is 5.32 Å². The topological polar surface area (TPSA) is 29.1 Å². The number of thioether (sulfide) groups is 1. The van der Waals surface area contributed by atoms with Gasteiger partial charge in [-0.3, -0.25) is 4.79 Å². The van der Waals surface area contributed by atoms with E-state index in [4.69, 9.17) is 0 Å². The van der Waals surface area contributed by atoms with E-state index in [-0.39, 0.29) is 17.5 Å². The van der Waals surface area contributed by atoms with Crippen molar-refractivity contribution < 1.29 is 9.18 Å². The monoisotopic (exact) mass is 261 g/mol. The Morgan fingerprint density at radius 2 is 2.31 bits per heavy atom. The molecule has 1 N–H and O–H groups in total. The first-order valence-electron chi connectivity index (χ1n) is 3.58. The number of amides is 1. The van der Waals surface area contributed by atoms with Crippen LogP contribution in [-0.2, 0) is 4.79 Å². The highest BCUT2D eigenvalue weighted by Gasteiger charge is 2.19. The summed E-state index contributed by atoms with van der Waals surface area (Å²) in [6.07, 6.45) is 0. The predicted octanol–water partition coefficient (Wildman–Crippen LogP) is 2.63. The van der Waals surface area contributed by atoms with Gasteiger partial charge in [0, 0.05) is 4.47 Å². The lowest BCUT2D eigenvalue weighted by Crippen LogP contribution is -2.19. The molecule has 0 aliphatic carbocycles. The van der Waals surface area contributed by atoms with Gasteiger partial charge in [-0.1, -0.05) is 15.9 Å². The van der Waals surface area contributed by atoms with Crippen molar-refractivity contribution >= 4 is 39.3 Å². The third-order valence-corrected chi connectivity index (χ3v) is 3.20. The molecule has 0 radical (unpaired) electrons. The van der Waals surface area contributed by atoms with Crippen LogP contribution in [0.25, 0.3) is 0 Å². The normalized spacial score (nSPS) is 15.1. The van der Waals surface area contributed by atoms with E-state index >= 15 is 0 Å². The molecule has 1 aromatic carbocycles. The van der Waals surface area contributed by atoms with Crippen molar-refractivity contribution in [2.75, 3.05) is 11.1 Å². The van der Waals surface area contributed by atoms with Crippen molar-refractivity contribution in [2.45, 2.75) is 4.90 Å². The Morgan fingerprint density at radius 1 is 1.54 bits per heavy atom. The summed E-state index contributed by atoms with van der Waals surface area (Å²) in [7, 11) is 0. The van der Waals surface area contributed by atoms with Gasteiger partial charge in [0.25, 0.3) is 0 Å². The molecule has 1 aliphatic rings. The van der Waals surface area contributed by atoms with E-state index < -0.39 is 0 Å². The van der Waals surface area contributed by atoms with E-state index in [1.807, 2.05) is 0 Å². The maximum Gasteiger partial charge on any atom is 0.234 e. The molecule has 1 amide bonds. The van der Waals surface area contributed by atoms with E-state index in [1.165, 1.54) is 17.8 Å². The molecule has 68 valence electrons. The maximum atomic E-state index is 13.3. The predicted molar refractivity (Wildman–Crippen MR) is 53.5 cm³/mol. The van der Waals surface area contributed by atoms with E-state index in [0.717, 1.165) is 0 Å². The van der Waals surface area contributed by atoms with Gasteiger partial charge >= 0.3 is 0 Å².